The zero-order valence-corrected chi connectivity index (χ0v) is 6.67. The highest BCUT2D eigenvalue weighted by atomic mass is 32.2. The minimum Gasteiger partial charge on any atom is -0.354 e. The van der Waals surface area contributed by atoms with Crippen LogP contribution in [0.4, 0.5) is 0 Å². The molecule has 1 saturated heterocycles. The van der Waals surface area contributed by atoms with Crippen LogP contribution >= 0.6 is 11.8 Å². The monoisotopic (exact) mass is 157 g/mol. The van der Waals surface area contributed by atoms with Crippen LogP contribution in [0.2, 0.25) is 0 Å². The van der Waals surface area contributed by atoms with Gasteiger partial charge in [0.15, 0.2) is 0 Å². The van der Waals surface area contributed by atoms with Crippen LogP contribution in [0.3, 0.4) is 0 Å². The highest BCUT2D eigenvalue weighted by molar-refractivity contribution is 8.01. The summed E-state index contributed by atoms with van der Waals surface area (Å²) >= 11 is 1.85. The summed E-state index contributed by atoms with van der Waals surface area (Å²) < 4.78 is 0.0260. The van der Waals surface area contributed by atoms with Crippen LogP contribution < -0.4 is 5.32 Å². The van der Waals surface area contributed by atoms with Gasteiger partial charge in [-0.3, -0.25) is 4.79 Å². The summed E-state index contributed by atoms with van der Waals surface area (Å²) in [5.74, 6) is 1.39. The summed E-state index contributed by atoms with van der Waals surface area (Å²) in [5, 5.41) is 2.92. The van der Waals surface area contributed by atoms with Crippen LogP contribution in [0, 0.1) is 0 Å². The molecule has 1 N–H and O–H groups in total. The maximum Gasteiger partial charge on any atom is 0.236 e. The van der Waals surface area contributed by atoms with E-state index in [2.05, 4.69) is 5.32 Å². The lowest BCUT2D eigenvalue weighted by atomic mass is 9.83. The van der Waals surface area contributed by atoms with E-state index in [1.54, 1.807) is 0 Å². The Kier molecular flexibility index (Phi) is 1.41. The van der Waals surface area contributed by atoms with E-state index in [9.17, 15) is 4.79 Å². The molecule has 0 aromatic rings. The molecule has 1 saturated carbocycles. The Morgan fingerprint density at radius 1 is 1.50 bits per heavy atom. The van der Waals surface area contributed by atoms with Gasteiger partial charge in [-0.05, 0) is 19.3 Å². The van der Waals surface area contributed by atoms with E-state index in [1.807, 2.05) is 11.8 Å². The second kappa shape index (κ2) is 2.16. The van der Waals surface area contributed by atoms with Crippen molar-refractivity contribution >= 4 is 17.7 Å². The zero-order chi connectivity index (χ0) is 7.03. The van der Waals surface area contributed by atoms with Crippen LogP contribution in [0.15, 0.2) is 0 Å². The van der Waals surface area contributed by atoms with Gasteiger partial charge in [0.25, 0.3) is 0 Å². The van der Waals surface area contributed by atoms with Crippen molar-refractivity contribution in [2.45, 2.75) is 24.0 Å². The predicted molar refractivity (Wildman–Crippen MR) is 42.0 cm³/mol. The largest absolute Gasteiger partial charge is 0.354 e. The molecule has 2 aliphatic rings. The summed E-state index contributed by atoms with van der Waals surface area (Å²) in [6.45, 7) is 0.866. The molecular formula is C7H11NOS. The predicted octanol–water partition coefficient (Wildman–Crippen LogP) is 0.772. The Labute approximate surface area is 64.8 Å². The molecule has 56 valence electrons. The lowest BCUT2D eigenvalue weighted by Crippen LogP contribution is -2.53. The molecule has 10 heavy (non-hydrogen) atoms. The van der Waals surface area contributed by atoms with E-state index in [4.69, 9.17) is 0 Å². The number of nitrogens with one attached hydrogen (secondary N) is 1. The fourth-order valence-electron chi connectivity index (χ4n) is 1.51. The van der Waals surface area contributed by atoms with Gasteiger partial charge in [0.05, 0.1) is 4.75 Å². The summed E-state index contributed by atoms with van der Waals surface area (Å²) in [5.41, 5.74) is 0. The first-order valence-corrected chi connectivity index (χ1v) is 4.74. The molecule has 2 fully saturated rings. The maximum atomic E-state index is 11.3. The Morgan fingerprint density at radius 2 is 2.30 bits per heavy atom. The number of amides is 1. The Morgan fingerprint density at radius 3 is 2.70 bits per heavy atom. The molecule has 3 heteroatoms. The minimum absolute atomic E-state index is 0.0260. The van der Waals surface area contributed by atoms with E-state index >= 15 is 0 Å². The molecule has 1 amide bonds. The van der Waals surface area contributed by atoms with E-state index in [0.29, 0.717) is 0 Å². The van der Waals surface area contributed by atoms with Crippen molar-refractivity contribution in [2.24, 2.45) is 0 Å². The normalized spacial score (nSPS) is 29.4. The van der Waals surface area contributed by atoms with Crippen molar-refractivity contribution in [3.05, 3.63) is 0 Å². The smallest absolute Gasteiger partial charge is 0.236 e. The van der Waals surface area contributed by atoms with E-state index in [1.165, 1.54) is 6.42 Å². The molecule has 2 nitrogen and oxygen atoms in total. The second-order valence-corrected chi connectivity index (χ2v) is 4.43. The molecule has 0 radical (unpaired) electrons. The number of carbonyl (C=O) groups excluding carboxylic acids is 1. The first-order chi connectivity index (χ1) is 4.83. The quantitative estimate of drug-likeness (QED) is 0.563. The van der Waals surface area contributed by atoms with E-state index < -0.39 is 0 Å². The number of rotatable bonds is 0. The van der Waals surface area contributed by atoms with Gasteiger partial charge in [-0.25, -0.2) is 0 Å². The van der Waals surface area contributed by atoms with Gasteiger partial charge in [-0.15, -0.1) is 11.8 Å². The Balaban J connectivity index is 2.10. The summed E-state index contributed by atoms with van der Waals surface area (Å²) in [6, 6.07) is 0. The fraction of sp³-hybridized carbons (Fsp3) is 0.857. The van der Waals surface area contributed by atoms with Crippen molar-refractivity contribution in [1.82, 2.24) is 5.32 Å². The van der Waals surface area contributed by atoms with Gasteiger partial charge in [-0.2, -0.15) is 0 Å². The van der Waals surface area contributed by atoms with Crippen molar-refractivity contribution in [2.75, 3.05) is 12.3 Å². The Hall–Kier alpha value is -0.180. The topological polar surface area (TPSA) is 29.1 Å². The molecule has 1 aliphatic heterocycles. The third kappa shape index (κ3) is 0.764. The fourth-order valence-corrected chi connectivity index (χ4v) is 2.88. The highest BCUT2D eigenvalue weighted by Crippen LogP contribution is 2.45. The average molecular weight is 157 g/mol. The summed E-state index contributed by atoms with van der Waals surface area (Å²) in [4.78, 5) is 11.3. The SMILES string of the molecule is O=C1NCCSC12CCC2. The first-order valence-electron chi connectivity index (χ1n) is 3.76. The molecule has 2 rings (SSSR count). The molecule has 0 atom stereocenters. The average Bonchev–Trinajstić information content (AvgIpc) is 1.85. The molecular weight excluding hydrogens is 146 g/mol. The third-order valence-electron chi connectivity index (χ3n) is 2.34. The lowest BCUT2D eigenvalue weighted by molar-refractivity contribution is -0.125. The third-order valence-corrected chi connectivity index (χ3v) is 3.90. The standard InChI is InChI=1S/C7H11NOS/c9-6-7(2-1-3-7)10-5-4-8-6/h1-5H2,(H,8,9). The van der Waals surface area contributed by atoms with Crippen molar-refractivity contribution in [3.63, 3.8) is 0 Å². The highest BCUT2D eigenvalue weighted by Gasteiger charge is 2.45. The maximum absolute atomic E-state index is 11.3. The molecule has 0 unspecified atom stereocenters. The Bertz CT molecular complexity index is 165. The van der Waals surface area contributed by atoms with E-state index in [0.717, 1.165) is 25.1 Å². The van der Waals surface area contributed by atoms with Crippen molar-refractivity contribution in [3.8, 4) is 0 Å². The summed E-state index contributed by atoms with van der Waals surface area (Å²) in [7, 11) is 0. The van der Waals surface area contributed by atoms with Gasteiger partial charge >= 0.3 is 0 Å². The van der Waals surface area contributed by atoms with Crippen molar-refractivity contribution < 1.29 is 4.79 Å². The molecule has 0 aromatic carbocycles. The van der Waals surface area contributed by atoms with Crippen molar-refractivity contribution in [1.29, 1.82) is 0 Å². The van der Waals surface area contributed by atoms with Crippen LogP contribution in [-0.4, -0.2) is 23.0 Å². The summed E-state index contributed by atoms with van der Waals surface area (Å²) in [6.07, 6.45) is 3.44. The zero-order valence-electron chi connectivity index (χ0n) is 5.85. The van der Waals surface area contributed by atoms with Gasteiger partial charge in [0, 0.05) is 12.3 Å². The van der Waals surface area contributed by atoms with Gasteiger partial charge in [0.2, 0.25) is 5.91 Å². The van der Waals surface area contributed by atoms with Gasteiger partial charge in [-0.1, -0.05) is 0 Å². The number of hydrogen-bond donors (Lipinski definition) is 1. The van der Waals surface area contributed by atoms with Gasteiger partial charge in [0.1, 0.15) is 0 Å². The van der Waals surface area contributed by atoms with E-state index in [-0.39, 0.29) is 10.7 Å². The molecule has 1 aliphatic carbocycles. The first kappa shape index (κ1) is 6.53. The number of thioether (sulfide) groups is 1. The van der Waals surface area contributed by atoms with Crippen LogP contribution in [0.5, 0.6) is 0 Å². The lowest BCUT2D eigenvalue weighted by Gasteiger charge is -2.42. The van der Waals surface area contributed by atoms with Crippen LogP contribution in [0.25, 0.3) is 0 Å². The number of hydrogen-bond acceptors (Lipinski definition) is 2. The molecule has 1 heterocycles. The van der Waals surface area contributed by atoms with Crippen LogP contribution in [0.1, 0.15) is 19.3 Å². The van der Waals surface area contributed by atoms with Crippen LogP contribution in [-0.2, 0) is 4.79 Å². The molecule has 0 bridgehead atoms. The molecule has 0 aromatic heterocycles. The molecule has 1 spiro atoms. The second-order valence-electron chi connectivity index (χ2n) is 2.95. The number of carbonyl (C=O) groups is 1. The minimum atomic E-state index is 0.0260. The van der Waals surface area contributed by atoms with Gasteiger partial charge < -0.3 is 5.32 Å².